The molecule has 26 heavy (non-hydrogen) atoms. The average molecular weight is 371 g/mol. The van der Waals surface area contributed by atoms with Crippen molar-refractivity contribution in [3.8, 4) is 5.75 Å². The van der Waals surface area contributed by atoms with Gasteiger partial charge in [-0.3, -0.25) is 9.69 Å². The van der Waals surface area contributed by atoms with Crippen molar-refractivity contribution in [2.45, 2.75) is 30.5 Å². The minimum Gasteiger partial charge on any atom is -0.496 e. The van der Waals surface area contributed by atoms with E-state index in [9.17, 15) is 18.0 Å². The van der Waals surface area contributed by atoms with E-state index in [1.165, 1.54) is 12.0 Å². The first-order chi connectivity index (χ1) is 12.4. The van der Waals surface area contributed by atoms with Gasteiger partial charge in [0, 0.05) is 38.3 Å². The molecule has 0 spiro atoms. The average Bonchev–Trinajstić information content (AvgIpc) is 3.43. The summed E-state index contributed by atoms with van der Waals surface area (Å²) in [4.78, 5) is 14.1. The third-order valence-corrected chi connectivity index (χ3v) is 5.23. The Kier molecular flexibility index (Phi) is 5.43. The van der Waals surface area contributed by atoms with Gasteiger partial charge in [0.25, 0.3) is 0 Å². The molecule has 0 aromatic heterocycles. The zero-order valence-corrected chi connectivity index (χ0v) is 14.7. The van der Waals surface area contributed by atoms with E-state index in [0.717, 1.165) is 5.56 Å². The summed E-state index contributed by atoms with van der Waals surface area (Å²) in [6.07, 6.45) is -3.15. The molecule has 2 N–H and O–H groups in total. The Morgan fingerprint density at radius 3 is 2.54 bits per heavy atom. The maximum absolute atomic E-state index is 13.5. The normalized spacial score (nSPS) is 21.1. The molecule has 8 heteroatoms. The summed E-state index contributed by atoms with van der Waals surface area (Å²) in [6, 6.07) is 5.53. The summed E-state index contributed by atoms with van der Waals surface area (Å²) in [5.41, 5.74) is -0.0302. The SMILES string of the molecule is COc1ccccc1C1(C(=O)NCC(N2CCNCC2)C(F)(F)F)CC1. The van der Waals surface area contributed by atoms with Crippen LogP contribution >= 0.6 is 0 Å². The first-order valence-electron chi connectivity index (χ1n) is 8.82. The molecule has 1 aliphatic carbocycles. The molecule has 2 fully saturated rings. The summed E-state index contributed by atoms with van der Waals surface area (Å²) in [6.45, 7) is 1.24. The fourth-order valence-corrected chi connectivity index (χ4v) is 3.59. The third-order valence-electron chi connectivity index (χ3n) is 5.23. The molecule has 1 aromatic carbocycles. The molecule has 1 aliphatic heterocycles. The van der Waals surface area contributed by atoms with Crippen molar-refractivity contribution in [3.63, 3.8) is 0 Å². The molecule has 3 rings (SSSR count). The predicted molar refractivity (Wildman–Crippen MR) is 91.2 cm³/mol. The van der Waals surface area contributed by atoms with Crippen LogP contribution in [-0.2, 0) is 10.2 Å². The van der Waals surface area contributed by atoms with Gasteiger partial charge in [0.1, 0.15) is 11.8 Å². The largest absolute Gasteiger partial charge is 0.496 e. The standard InChI is InChI=1S/C18H24F3N3O2/c1-26-14-5-3-2-4-13(14)17(6-7-17)16(25)23-12-15(18(19,20)21)24-10-8-22-9-11-24/h2-5,15,22H,6-12H2,1H3,(H,23,25). The number of alkyl halides is 3. The van der Waals surface area contributed by atoms with Crippen LogP contribution in [0.15, 0.2) is 24.3 Å². The highest BCUT2D eigenvalue weighted by Crippen LogP contribution is 2.51. The lowest BCUT2D eigenvalue weighted by molar-refractivity contribution is -0.184. The number of piperazine rings is 1. The van der Waals surface area contributed by atoms with Crippen molar-refractivity contribution in [1.82, 2.24) is 15.5 Å². The molecule has 1 amide bonds. The van der Waals surface area contributed by atoms with Crippen LogP contribution in [0, 0.1) is 0 Å². The van der Waals surface area contributed by atoms with E-state index in [1.54, 1.807) is 12.1 Å². The van der Waals surface area contributed by atoms with Gasteiger partial charge in [-0.2, -0.15) is 13.2 Å². The zero-order valence-electron chi connectivity index (χ0n) is 14.7. The lowest BCUT2D eigenvalue weighted by Gasteiger charge is -2.36. The number of amides is 1. The molecule has 0 bridgehead atoms. The number of carbonyl (C=O) groups excluding carboxylic acids is 1. The number of ether oxygens (including phenoxy) is 1. The molecule has 1 saturated carbocycles. The molecule has 1 heterocycles. The first-order valence-corrected chi connectivity index (χ1v) is 8.82. The lowest BCUT2D eigenvalue weighted by Crippen LogP contribution is -2.58. The smallest absolute Gasteiger partial charge is 0.405 e. The highest BCUT2D eigenvalue weighted by Gasteiger charge is 2.53. The number of nitrogens with zero attached hydrogens (tertiary/aromatic N) is 1. The van der Waals surface area contributed by atoms with E-state index in [-0.39, 0.29) is 5.91 Å². The predicted octanol–water partition coefficient (Wildman–Crippen LogP) is 1.68. The van der Waals surface area contributed by atoms with Crippen molar-refractivity contribution in [2.75, 3.05) is 39.8 Å². The third kappa shape index (κ3) is 3.81. The number of para-hydroxylation sites is 1. The Morgan fingerprint density at radius 2 is 1.96 bits per heavy atom. The Labute approximate surface area is 150 Å². The molecule has 1 saturated heterocycles. The molecule has 1 atom stereocenters. The summed E-state index contributed by atoms with van der Waals surface area (Å²) in [5.74, 6) is 0.237. The number of nitrogens with one attached hydrogen (secondary N) is 2. The quantitative estimate of drug-likeness (QED) is 0.799. The number of benzene rings is 1. The van der Waals surface area contributed by atoms with Crippen LogP contribution in [0.25, 0.3) is 0 Å². The lowest BCUT2D eigenvalue weighted by atomic mass is 9.94. The van der Waals surface area contributed by atoms with Gasteiger partial charge in [-0.25, -0.2) is 0 Å². The first kappa shape index (κ1) is 19.0. The van der Waals surface area contributed by atoms with Gasteiger partial charge in [-0.15, -0.1) is 0 Å². The van der Waals surface area contributed by atoms with Gasteiger partial charge in [-0.1, -0.05) is 18.2 Å². The molecule has 144 valence electrons. The van der Waals surface area contributed by atoms with E-state index < -0.39 is 24.2 Å². The summed E-state index contributed by atoms with van der Waals surface area (Å²) in [7, 11) is 1.52. The van der Waals surface area contributed by atoms with Gasteiger partial charge in [0.05, 0.1) is 12.5 Å². The topological polar surface area (TPSA) is 53.6 Å². The van der Waals surface area contributed by atoms with Gasteiger partial charge >= 0.3 is 6.18 Å². The Morgan fingerprint density at radius 1 is 1.31 bits per heavy atom. The summed E-state index contributed by atoms with van der Waals surface area (Å²) < 4.78 is 45.7. The summed E-state index contributed by atoms with van der Waals surface area (Å²) >= 11 is 0. The molecule has 1 unspecified atom stereocenters. The Bertz CT molecular complexity index is 641. The number of halogens is 3. The molecule has 5 nitrogen and oxygen atoms in total. The second kappa shape index (κ2) is 7.44. The number of methoxy groups -OCH3 is 1. The van der Waals surface area contributed by atoms with Crippen molar-refractivity contribution >= 4 is 5.91 Å². The van der Waals surface area contributed by atoms with Crippen molar-refractivity contribution in [3.05, 3.63) is 29.8 Å². The van der Waals surface area contributed by atoms with Crippen LogP contribution in [0.3, 0.4) is 0 Å². The van der Waals surface area contributed by atoms with Crippen molar-refractivity contribution < 1.29 is 22.7 Å². The zero-order chi connectivity index (χ0) is 18.8. The molecular weight excluding hydrogens is 347 g/mol. The van der Waals surface area contributed by atoms with E-state index in [4.69, 9.17) is 4.74 Å². The van der Waals surface area contributed by atoms with Crippen LogP contribution in [0.1, 0.15) is 18.4 Å². The number of rotatable bonds is 6. The summed E-state index contributed by atoms with van der Waals surface area (Å²) in [5, 5.41) is 5.61. The maximum atomic E-state index is 13.5. The van der Waals surface area contributed by atoms with Gasteiger partial charge in [0.2, 0.25) is 5.91 Å². The molecule has 0 radical (unpaired) electrons. The van der Waals surface area contributed by atoms with Crippen molar-refractivity contribution in [2.24, 2.45) is 0 Å². The van der Waals surface area contributed by atoms with Gasteiger partial charge < -0.3 is 15.4 Å². The highest BCUT2D eigenvalue weighted by atomic mass is 19.4. The van der Waals surface area contributed by atoms with Crippen LogP contribution < -0.4 is 15.4 Å². The molecular formula is C18H24F3N3O2. The van der Waals surface area contributed by atoms with Gasteiger partial charge in [-0.05, 0) is 18.9 Å². The number of hydrogen-bond acceptors (Lipinski definition) is 4. The van der Waals surface area contributed by atoms with Crippen molar-refractivity contribution in [1.29, 1.82) is 0 Å². The van der Waals surface area contributed by atoms with E-state index >= 15 is 0 Å². The molecule has 2 aliphatic rings. The minimum atomic E-state index is -4.38. The second-order valence-electron chi connectivity index (χ2n) is 6.84. The fourth-order valence-electron chi connectivity index (χ4n) is 3.59. The van der Waals surface area contributed by atoms with E-state index in [0.29, 0.717) is 44.8 Å². The Balaban J connectivity index is 1.70. The molecule has 1 aromatic rings. The number of carbonyl (C=O) groups is 1. The second-order valence-corrected chi connectivity index (χ2v) is 6.84. The van der Waals surface area contributed by atoms with Crippen LogP contribution in [-0.4, -0.2) is 62.9 Å². The van der Waals surface area contributed by atoms with Gasteiger partial charge in [0.15, 0.2) is 0 Å². The monoisotopic (exact) mass is 371 g/mol. The number of hydrogen-bond donors (Lipinski definition) is 2. The van der Waals surface area contributed by atoms with Crippen LogP contribution in [0.2, 0.25) is 0 Å². The van der Waals surface area contributed by atoms with Crippen LogP contribution in [0.4, 0.5) is 13.2 Å². The highest BCUT2D eigenvalue weighted by molar-refractivity contribution is 5.92. The van der Waals surface area contributed by atoms with Crippen LogP contribution in [0.5, 0.6) is 5.75 Å². The maximum Gasteiger partial charge on any atom is 0.405 e. The van der Waals surface area contributed by atoms with E-state index in [2.05, 4.69) is 10.6 Å². The van der Waals surface area contributed by atoms with E-state index in [1.807, 2.05) is 12.1 Å². The minimum absolute atomic E-state index is 0.317. The fraction of sp³-hybridized carbons (Fsp3) is 0.611. The Hall–Kier alpha value is -1.80.